The molecule has 1 aliphatic heterocycles. The number of imidazole rings is 1. The maximum absolute atomic E-state index is 5.94. The highest BCUT2D eigenvalue weighted by atomic mass is 15.1. The first-order chi connectivity index (χ1) is 6.75. The second-order valence-corrected chi connectivity index (χ2v) is 4.01. The lowest BCUT2D eigenvalue weighted by molar-refractivity contribution is 0.771. The molecule has 0 radical (unpaired) electrons. The van der Waals surface area contributed by atoms with Crippen LogP contribution in [-0.2, 0) is 13.0 Å². The van der Waals surface area contributed by atoms with Gasteiger partial charge < -0.3 is 10.3 Å². The summed E-state index contributed by atoms with van der Waals surface area (Å²) in [5, 5.41) is 0. The lowest BCUT2D eigenvalue weighted by Gasteiger charge is -2.01. The van der Waals surface area contributed by atoms with Crippen LogP contribution in [0, 0.1) is 6.92 Å². The van der Waals surface area contributed by atoms with Gasteiger partial charge in [0.2, 0.25) is 0 Å². The van der Waals surface area contributed by atoms with E-state index >= 15 is 0 Å². The minimum atomic E-state index is 0.807. The van der Waals surface area contributed by atoms with Crippen LogP contribution in [0.1, 0.15) is 17.8 Å². The third-order valence-corrected chi connectivity index (χ3v) is 2.89. The van der Waals surface area contributed by atoms with E-state index in [0.29, 0.717) is 0 Å². The first kappa shape index (κ1) is 7.85. The average molecular weight is 187 g/mol. The molecule has 0 unspecified atom stereocenters. The molecular weight excluding hydrogens is 174 g/mol. The van der Waals surface area contributed by atoms with Gasteiger partial charge in [-0.1, -0.05) is 0 Å². The van der Waals surface area contributed by atoms with Crippen LogP contribution in [0.25, 0.3) is 11.0 Å². The number of benzene rings is 1. The van der Waals surface area contributed by atoms with E-state index in [2.05, 4.69) is 22.5 Å². The number of nitrogens with zero attached hydrogens (tertiary/aromatic N) is 2. The summed E-state index contributed by atoms with van der Waals surface area (Å²) < 4.78 is 2.29. The van der Waals surface area contributed by atoms with Gasteiger partial charge in [0.05, 0.1) is 11.2 Å². The van der Waals surface area contributed by atoms with E-state index in [1.165, 1.54) is 23.3 Å². The Kier molecular flexibility index (Phi) is 1.40. The van der Waals surface area contributed by atoms with E-state index in [0.717, 1.165) is 24.2 Å². The number of hydrogen-bond acceptors (Lipinski definition) is 2. The number of nitrogens with two attached hydrogens (primary N) is 1. The van der Waals surface area contributed by atoms with Gasteiger partial charge in [-0.25, -0.2) is 4.98 Å². The molecule has 2 N–H and O–H groups in total. The molecule has 72 valence electrons. The summed E-state index contributed by atoms with van der Waals surface area (Å²) in [6, 6.07) is 4.17. The molecule has 0 spiro atoms. The molecule has 3 rings (SSSR count). The molecule has 3 heteroatoms. The highest BCUT2D eigenvalue weighted by molar-refractivity contribution is 5.88. The highest BCUT2D eigenvalue weighted by Gasteiger charge is 2.17. The Balaban J connectivity index is 2.43. The van der Waals surface area contributed by atoms with Crippen LogP contribution >= 0.6 is 0 Å². The molecule has 0 aliphatic carbocycles. The van der Waals surface area contributed by atoms with Crippen molar-refractivity contribution >= 4 is 16.7 Å². The molecule has 3 nitrogen and oxygen atoms in total. The van der Waals surface area contributed by atoms with Crippen LogP contribution in [0.3, 0.4) is 0 Å². The second kappa shape index (κ2) is 2.50. The molecule has 14 heavy (non-hydrogen) atoms. The topological polar surface area (TPSA) is 43.8 Å². The van der Waals surface area contributed by atoms with Gasteiger partial charge in [-0.15, -0.1) is 0 Å². The van der Waals surface area contributed by atoms with Gasteiger partial charge in [0, 0.05) is 13.0 Å². The Bertz CT molecular complexity index is 511. The lowest BCUT2D eigenvalue weighted by atomic mass is 10.2. The van der Waals surface area contributed by atoms with Gasteiger partial charge in [-0.05, 0) is 31.0 Å². The molecule has 0 saturated carbocycles. The molecule has 1 aliphatic rings. The molecule has 2 heterocycles. The smallest absolute Gasteiger partial charge is 0.112 e. The normalized spacial score (nSPS) is 14.9. The van der Waals surface area contributed by atoms with Gasteiger partial charge in [-0.2, -0.15) is 0 Å². The van der Waals surface area contributed by atoms with Crippen LogP contribution in [0.2, 0.25) is 0 Å². The summed E-state index contributed by atoms with van der Waals surface area (Å²) in [6.45, 7) is 3.17. The highest BCUT2D eigenvalue weighted by Crippen LogP contribution is 2.27. The Hall–Kier alpha value is -1.51. The number of rotatable bonds is 0. The summed E-state index contributed by atoms with van der Waals surface area (Å²) >= 11 is 0. The number of anilines is 1. The first-order valence-corrected chi connectivity index (χ1v) is 5.01. The monoisotopic (exact) mass is 187 g/mol. The van der Waals surface area contributed by atoms with Crippen molar-refractivity contribution in [1.29, 1.82) is 0 Å². The molecule has 0 bridgehead atoms. The van der Waals surface area contributed by atoms with Gasteiger partial charge in [0.25, 0.3) is 0 Å². The molecule has 0 fully saturated rings. The Morgan fingerprint density at radius 1 is 1.43 bits per heavy atom. The zero-order valence-electron chi connectivity index (χ0n) is 8.25. The minimum absolute atomic E-state index is 0.807. The van der Waals surface area contributed by atoms with Crippen molar-refractivity contribution in [2.24, 2.45) is 0 Å². The Morgan fingerprint density at radius 2 is 2.29 bits per heavy atom. The Morgan fingerprint density at radius 3 is 3.14 bits per heavy atom. The summed E-state index contributed by atoms with van der Waals surface area (Å²) in [7, 11) is 0. The number of aryl methyl sites for hydroxylation is 3. The van der Waals surface area contributed by atoms with Crippen molar-refractivity contribution in [2.45, 2.75) is 26.3 Å². The van der Waals surface area contributed by atoms with Gasteiger partial charge in [-0.3, -0.25) is 0 Å². The van der Waals surface area contributed by atoms with Crippen molar-refractivity contribution in [1.82, 2.24) is 9.55 Å². The van der Waals surface area contributed by atoms with E-state index < -0.39 is 0 Å². The van der Waals surface area contributed by atoms with Crippen molar-refractivity contribution in [3.8, 4) is 0 Å². The van der Waals surface area contributed by atoms with E-state index in [9.17, 15) is 0 Å². The summed E-state index contributed by atoms with van der Waals surface area (Å²) in [4.78, 5) is 4.57. The zero-order chi connectivity index (χ0) is 9.71. The van der Waals surface area contributed by atoms with Crippen LogP contribution in [0.4, 0.5) is 5.69 Å². The van der Waals surface area contributed by atoms with Gasteiger partial charge in [0.1, 0.15) is 11.3 Å². The maximum atomic E-state index is 5.94. The Labute approximate surface area is 82.5 Å². The molecule has 2 aromatic rings. The lowest BCUT2D eigenvalue weighted by Crippen LogP contribution is -1.93. The fraction of sp³-hybridized carbons (Fsp3) is 0.364. The maximum Gasteiger partial charge on any atom is 0.112 e. The van der Waals surface area contributed by atoms with Crippen LogP contribution in [0.5, 0.6) is 0 Å². The standard InChI is InChI=1S/C11H13N3/c1-7-5-8(12)11-9(6-7)14-4-2-3-10(14)13-11/h5-6H,2-4,12H2,1H3. The fourth-order valence-corrected chi connectivity index (χ4v) is 2.28. The predicted octanol–water partition coefficient (Wildman–Crippen LogP) is 1.87. The average Bonchev–Trinajstić information content (AvgIpc) is 2.65. The third-order valence-electron chi connectivity index (χ3n) is 2.89. The number of fused-ring (bicyclic) bond motifs is 3. The second-order valence-electron chi connectivity index (χ2n) is 4.01. The van der Waals surface area contributed by atoms with E-state index in [1.807, 2.05) is 6.07 Å². The summed E-state index contributed by atoms with van der Waals surface area (Å²) in [5.41, 5.74) is 10.1. The largest absolute Gasteiger partial charge is 0.397 e. The van der Waals surface area contributed by atoms with E-state index in [-0.39, 0.29) is 0 Å². The van der Waals surface area contributed by atoms with E-state index in [4.69, 9.17) is 5.73 Å². The number of hydrogen-bond donors (Lipinski definition) is 1. The molecule has 0 atom stereocenters. The van der Waals surface area contributed by atoms with Gasteiger partial charge >= 0.3 is 0 Å². The molecule has 1 aromatic heterocycles. The quantitative estimate of drug-likeness (QED) is 0.640. The molecular formula is C11H13N3. The molecule has 1 aromatic carbocycles. The van der Waals surface area contributed by atoms with Crippen LogP contribution in [-0.4, -0.2) is 9.55 Å². The third kappa shape index (κ3) is 0.895. The van der Waals surface area contributed by atoms with Crippen molar-refractivity contribution < 1.29 is 0 Å². The molecule has 0 amide bonds. The SMILES string of the molecule is Cc1cc(N)c2nc3n(c2c1)CCC3. The van der Waals surface area contributed by atoms with E-state index in [1.54, 1.807) is 0 Å². The van der Waals surface area contributed by atoms with Crippen molar-refractivity contribution in [2.75, 3.05) is 5.73 Å². The minimum Gasteiger partial charge on any atom is -0.397 e. The number of nitrogen functional groups attached to an aromatic ring is 1. The van der Waals surface area contributed by atoms with Crippen molar-refractivity contribution in [3.05, 3.63) is 23.5 Å². The summed E-state index contributed by atoms with van der Waals surface area (Å²) in [5.74, 6) is 1.19. The fourth-order valence-electron chi connectivity index (χ4n) is 2.28. The predicted molar refractivity (Wildman–Crippen MR) is 57.2 cm³/mol. The van der Waals surface area contributed by atoms with Gasteiger partial charge in [0.15, 0.2) is 0 Å². The molecule has 0 saturated heterocycles. The summed E-state index contributed by atoms with van der Waals surface area (Å²) in [6.07, 6.45) is 2.30. The van der Waals surface area contributed by atoms with Crippen LogP contribution < -0.4 is 5.73 Å². The first-order valence-electron chi connectivity index (χ1n) is 5.01. The zero-order valence-corrected chi connectivity index (χ0v) is 8.25. The van der Waals surface area contributed by atoms with Crippen LogP contribution in [0.15, 0.2) is 12.1 Å². The number of aromatic nitrogens is 2. The van der Waals surface area contributed by atoms with Crippen molar-refractivity contribution in [3.63, 3.8) is 0 Å².